The summed E-state index contributed by atoms with van der Waals surface area (Å²) >= 11 is 0. The smallest absolute Gasteiger partial charge is 0.224 e. The minimum Gasteiger partial charge on any atom is -0.481 e. The summed E-state index contributed by atoms with van der Waals surface area (Å²) in [5.74, 6) is 0.982. The molecule has 2 heterocycles. The van der Waals surface area contributed by atoms with Crippen LogP contribution in [-0.4, -0.2) is 59.8 Å². The van der Waals surface area contributed by atoms with Crippen LogP contribution in [0.3, 0.4) is 0 Å². The number of aliphatic hydroxyl groups excluding tert-OH is 1. The van der Waals surface area contributed by atoms with Crippen LogP contribution in [0.5, 0.6) is 5.88 Å². The molecular formula is C19H29N3O3. The van der Waals surface area contributed by atoms with E-state index < -0.39 is 6.10 Å². The first-order valence-corrected chi connectivity index (χ1v) is 9.01. The number of hydrogen-bond acceptors (Lipinski definition) is 5. The molecule has 1 saturated heterocycles. The lowest BCUT2D eigenvalue weighted by Crippen LogP contribution is -2.64. The molecule has 25 heavy (non-hydrogen) atoms. The summed E-state index contributed by atoms with van der Waals surface area (Å²) in [7, 11) is 3.70. The largest absolute Gasteiger partial charge is 0.481 e. The summed E-state index contributed by atoms with van der Waals surface area (Å²) in [5, 5.41) is 13.6. The highest BCUT2D eigenvalue weighted by Gasteiger charge is 2.58. The molecule has 1 aromatic rings. The fourth-order valence-corrected chi connectivity index (χ4v) is 5.11. The van der Waals surface area contributed by atoms with E-state index in [4.69, 9.17) is 4.74 Å². The Kier molecular flexibility index (Phi) is 5.02. The van der Waals surface area contributed by atoms with Gasteiger partial charge in [0.2, 0.25) is 11.8 Å². The molecule has 0 aromatic carbocycles. The van der Waals surface area contributed by atoms with Crippen LogP contribution in [0.4, 0.5) is 0 Å². The topological polar surface area (TPSA) is 74.7 Å². The maximum absolute atomic E-state index is 12.4. The summed E-state index contributed by atoms with van der Waals surface area (Å²) in [6.45, 7) is 5.47. The van der Waals surface area contributed by atoms with E-state index in [2.05, 4.69) is 36.1 Å². The van der Waals surface area contributed by atoms with Gasteiger partial charge in [0, 0.05) is 30.3 Å². The van der Waals surface area contributed by atoms with Crippen molar-refractivity contribution in [2.45, 2.75) is 51.3 Å². The molecule has 2 fully saturated rings. The Morgan fingerprint density at radius 1 is 1.52 bits per heavy atom. The molecule has 2 N–H and O–H groups in total. The second-order valence-electron chi connectivity index (χ2n) is 8.00. The summed E-state index contributed by atoms with van der Waals surface area (Å²) in [6, 6.07) is 3.89. The van der Waals surface area contributed by atoms with Crippen LogP contribution in [0, 0.1) is 11.3 Å². The highest BCUT2D eigenvalue weighted by molar-refractivity contribution is 5.79. The van der Waals surface area contributed by atoms with Gasteiger partial charge in [0.15, 0.2) is 0 Å². The normalized spacial score (nSPS) is 32.0. The SMILES string of the molecule is COc1cc(CC(=O)N[C@@H]2CC3(C[C@H]2O)CN(C)C3C(C)C)ccn1. The molecule has 6 heteroatoms. The van der Waals surface area contributed by atoms with Gasteiger partial charge in [0.25, 0.3) is 0 Å². The van der Waals surface area contributed by atoms with Gasteiger partial charge < -0.3 is 20.1 Å². The fourth-order valence-electron chi connectivity index (χ4n) is 5.11. The highest BCUT2D eigenvalue weighted by Crippen LogP contribution is 2.52. The van der Waals surface area contributed by atoms with Gasteiger partial charge in [-0.2, -0.15) is 0 Å². The van der Waals surface area contributed by atoms with Crippen LogP contribution < -0.4 is 10.1 Å². The van der Waals surface area contributed by atoms with Crippen molar-refractivity contribution < 1.29 is 14.6 Å². The van der Waals surface area contributed by atoms with Gasteiger partial charge in [-0.25, -0.2) is 4.98 Å². The van der Waals surface area contributed by atoms with Gasteiger partial charge in [-0.15, -0.1) is 0 Å². The van der Waals surface area contributed by atoms with Gasteiger partial charge in [0.05, 0.1) is 25.7 Å². The molecule has 0 bridgehead atoms. The number of rotatable bonds is 5. The Morgan fingerprint density at radius 3 is 2.92 bits per heavy atom. The van der Waals surface area contributed by atoms with Gasteiger partial charge in [-0.1, -0.05) is 13.8 Å². The first kappa shape index (κ1) is 18.1. The lowest BCUT2D eigenvalue weighted by Gasteiger charge is -2.57. The monoisotopic (exact) mass is 347 g/mol. The molecular weight excluding hydrogens is 318 g/mol. The molecule has 2 unspecified atom stereocenters. The zero-order chi connectivity index (χ0) is 18.2. The molecule has 138 valence electrons. The third-order valence-electron chi connectivity index (χ3n) is 5.72. The number of aliphatic hydroxyl groups is 1. The number of methoxy groups -OCH3 is 1. The minimum atomic E-state index is -0.467. The Balaban J connectivity index is 1.60. The lowest BCUT2D eigenvalue weighted by atomic mass is 9.66. The maximum Gasteiger partial charge on any atom is 0.224 e. The summed E-state index contributed by atoms with van der Waals surface area (Å²) in [4.78, 5) is 18.8. The summed E-state index contributed by atoms with van der Waals surface area (Å²) in [6.07, 6.45) is 3.06. The van der Waals surface area contributed by atoms with E-state index in [-0.39, 0.29) is 23.8 Å². The number of carbonyl (C=O) groups excluding carboxylic acids is 1. The van der Waals surface area contributed by atoms with Crippen molar-refractivity contribution in [2.75, 3.05) is 20.7 Å². The van der Waals surface area contributed by atoms with Crippen molar-refractivity contribution in [2.24, 2.45) is 11.3 Å². The number of amides is 1. The van der Waals surface area contributed by atoms with Crippen LogP contribution in [0.15, 0.2) is 18.3 Å². The molecule has 1 amide bonds. The zero-order valence-corrected chi connectivity index (χ0v) is 15.5. The van der Waals surface area contributed by atoms with Crippen LogP contribution in [0.25, 0.3) is 0 Å². The Labute approximate surface area is 149 Å². The number of hydrogen-bond donors (Lipinski definition) is 2. The van der Waals surface area contributed by atoms with E-state index in [1.807, 2.05) is 6.07 Å². The highest BCUT2D eigenvalue weighted by atomic mass is 16.5. The van der Waals surface area contributed by atoms with Gasteiger partial charge >= 0.3 is 0 Å². The molecule has 1 aliphatic carbocycles. The van der Waals surface area contributed by atoms with Crippen LogP contribution in [-0.2, 0) is 11.2 Å². The number of carbonyl (C=O) groups is 1. The zero-order valence-electron chi connectivity index (χ0n) is 15.5. The molecule has 4 atom stereocenters. The van der Waals surface area contributed by atoms with E-state index >= 15 is 0 Å². The Bertz CT molecular complexity index is 631. The van der Waals surface area contributed by atoms with Gasteiger partial charge in [-0.05, 0) is 37.4 Å². The standard InChI is InChI=1S/C19H29N3O3/c1-12(2)18-19(11-22(18)3)9-14(15(23)10-19)21-16(24)7-13-5-6-20-17(8-13)25-4/h5-6,8,12,14-15,18,23H,7,9-11H2,1-4H3,(H,21,24)/t14-,15-,18?,19?/m1/s1. The van der Waals surface area contributed by atoms with Gasteiger partial charge in [-0.3, -0.25) is 4.79 Å². The molecule has 1 spiro atoms. The van der Waals surface area contributed by atoms with Crippen LogP contribution in [0.2, 0.25) is 0 Å². The molecule has 1 aromatic heterocycles. The molecule has 3 rings (SSSR count). The summed E-state index contributed by atoms with van der Waals surface area (Å²) in [5.41, 5.74) is 0.996. The minimum absolute atomic E-state index is 0.0665. The first-order chi connectivity index (χ1) is 11.8. The predicted octanol–water partition coefficient (Wildman–Crippen LogP) is 1.23. The van der Waals surface area contributed by atoms with Crippen molar-refractivity contribution in [3.63, 3.8) is 0 Å². The van der Waals surface area contributed by atoms with E-state index in [0.29, 0.717) is 17.8 Å². The third kappa shape index (κ3) is 3.51. The quantitative estimate of drug-likeness (QED) is 0.838. The van der Waals surface area contributed by atoms with E-state index in [1.54, 1.807) is 19.4 Å². The summed E-state index contributed by atoms with van der Waals surface area (Å²) < 4.78 is 5.09. The maximum atomic E-state index is 12.4. The van der Waals surface area contributed by atoms with Gasteiger partial charge in [0.1, 0.15) is 0 Å². The van der Waals surface area contributed by atoms with E-state index in [1.165, 1.54) is 0 Å². The van der Waals surface area contributed by atoms with Crippen molar-refractivity contribution >= 4 is 5.91 Å². The molecule has 2 aliphatic rings. The number of nitrogens with one attached hydrogen (secondary N) is 1. The fraction of sp³-hybridized carbons (Fsp3) is 0.684. The van der Waals surface area contributed by atoms with E-state index in [0.717, 1.165) is 24.9 Å². The van der Waals surface area contributed by atoms with Crippen LogP contribution >= 0.6 is 0 Å². The van der Waals surface area contributed by atoms with Crippen molar-refractivity contribution in [1.82, 2.24) is 15.2 Å². The molecule has 6 nitrogen and oxygen atoms in total. The molecule has 0 radical (unpaired) electrons. The third-order valence-corrected chi connectivity index (χ3v) is 5.72. The molecule has 1 saturated carbocycles. The average Bonchev–Trinajstić information content (AvgIpc) is 2.84. The van der Waals surface area contributed by atoms with Crippen LogP contribution in [0.1, 0.15) is 32.3 Å². The lowest BCUT2D eigenvalue weighted by molar-refractivity contribution is -0.121. The number of pyridine rings is 1. The number of ether oxygens (including phenoxy) is 1. The van der Waals surface area contributed by atoms with Crippen molar-refractivity contribution in [1.29, 1.82) is 0 Å². The number of aromatic nitrogens is 1. The Morgan fingerprint density at radius 2 is 2.28 bits per heavy atom. The second-order valence-corrected chi connectivity index (χ2v) is 8.00. The van der Waals surface area contributed by atoms with E-state index in [9.17, 15) is 9.90 Å². The average molecular weight is 347 g/mol. The number of likely N-dealkylation sites (tertiary alicyclic amines) is 1. The second kappa shape index (κ2) is 6.92. The predicted molar refractivity (Wildman–Crippen MR) is 95.4 cm³/mol. The Hall–Kier alpha value is -1.66. The van der Waals surface area contributed by atoms with Crippen molar-refractivity contribution in [3.8, 4) is 5.88 Å². The number of nitrogens with zero attached hydrogens (tertiary/aromatic N) is 2. The first-order valence-electron chi connectivity index (χ1n) is 9.01. The molecule has 1 aliphatic heterocycles. The van der Waals surface area contributed by atoms with Crippen molar-refractivity contribution in [3.05, 3.63) is 23.9 Å².